The maximum Gasteiger partial charge on any atom is 0.245 e. The van der Waals surface area contributed by atoms with Crippen molar-refractivity contribution in [2.45, 2.75) is 23.1 Å². The number of sulfonamides is 1. The minimum absolute atomic E-state index is 0.245. The van der Waals surface area contributed by atoms with Gasteiger partial charge in [-0.25, -0.2) is 8.42 Å². The Kier molecular flexibility index (Phi) is 4.89. The van der Waals surface area contributed by atoms with Crippen LogP contribution in [0.1, 0.15) is 22.1 Å². The summed E-state index contributed by atoms with van der Waals surface area (Å²) in [7, 11) is -2.01. The lowest BCUT2D eigenvalue weighted by Gasteiger charge is -2.25. The second-order valence-corrected chi connectivity index (χ2v) is 11.2. The van der Waals surface area contributed by atoms with Gasteiger partial charge in [-0.15, -0.1) is 11.8 Å². The number of thioether (sulfide) groups is 1. The number of methoxy groups -OCH3 is 1. The Morgan fingerprint density at radius 3 is 2.66 bits per heavy atom. The van der Waals surface area contributed by atoms with Crippen molar-refractivity contribution < 1.29 is 13.2 Å². The maximum atomic E-state index is 13.8. The van der Waals surface area contributed by atoms with Gasteiger partial charge in [0.15, 0.2) is 0 Å². The lowest BCUT2D eigenvalue weighted by molar-refractivity contribution is 0.410. The molecular formula is C22H20BrNO3S2. The summed E-state index contributed by atoms with van der Waals surface area (Å²) in [5.41, 5.74) is 3.46. The normalized spacial score (nSPS) is 19.2. The molecule has 7 heteroatoms. The average Bonchev–Trinajstić information content (AvgIpc) is 3.37. The summed E-state index contributed by atoms with van der Waals surface area (Å²) in [5.74, 6) is 1.51. The van der Waals surface area contributed by atoms with Crippen molar-refractivity contribution in [1.29, 1.82) is 0 Å². The van der Waals surface area contributed by atoms with E-state index in [0.717, 1.165) is 45.2 Å². The number of rotatable bonds is 4. The molecule has 1 aliphatic carbocycles. The Labute approximate surface area is 183 Å². The van der Waals surface area contributed by atoms with E-state index in [9.17, 15) is 8.42 Å². The minimum Gasteiger partial charge on any atom is -0.496 e. The zero-order chi connectivity index (χ0) is 20.2. The van der Waals surface area contributed by atoms with Crippen molar-refractivity contribution in [3.05, 3.63) is 69.7 Å². The molecule has 1 fully saturated rings. The first-order chi connectivity index (χ1) is 14.0. The topological polar surface area (TPSA) is 46.6 Å². The molecule has 0 amide bonds. The molecule has 0 N–H and O–H groups in total. The molecule has 5 rings (SSSR count). The van der Waals surface area contributed by atoms with E-state index in [0.29, 0.717) is 11.4 Å². The van der Waals surface area contributed by atoms with Crippen molar-refractivity contribution in [3.63, 3.8) is 0 Å². The van der Waals surface area contributed by atoms with Crippen LogP contribution in [0.5, 0.6) is 5.75 Å². The van der Waals surface area contributed by atoms with E-state index in [1.54, 1.807) is 29.2 Å². The first-order valence-corrected chi connectivity index (χ1v) is 12.8. The van der Waals surface area contributed by atoms with Crippen LogP contribution >= 0.6 is 27.7 Å². The summed E-state index contributed by atoms with van der Waals surface area (Å²) in [5, 5.41) is 1.73. The van der Waals surface area contributed by atoms with Crippen LogP contribution in [0.3, 0.4) is 0 Å². The summed E-state index contributed by atoms with van der Waals surface area (Å²) >= 11 is 5.18. The van der Waals surface area contributed by atoms with Crippen molar-refractivity contribution in [2.75, 3.05) is 19.4 Å². The molecule has 0 bridgehead atoms. The predicted molar refractivity (Wildman–Crippen MR) is 121 cm³/mol. The van der Waals surface area contributed by atoms with Crippen LogP contribution in [0.15, 0.2) is 57.9 Å². The molecule has 3 aromatic rings. The van der Waals surface area contributed by atoms with Crippen LogP contribution in [-0.4, -0.2) is 32.1 Å². The Hall–Kier alpha value is -1.54. The summed E-state index contributed by atoms with van der Waals surface area (Å²) < 4.78 is 35.3. The molecule has 1 atom stereocenters. The Bertz CT molecular complexity index is 1220. The van der Waals surface area contributed by atoms with Gasteiger partial charge in [-0.2, -0.15) is 4.31 Å². The highest BCUT2D eigenvalue weighted by molar-refractivity contribution is 9.10. The molecule has 4 nitrogen and oxygen atoms in total. The number of hydrogen-bond acceptors (Lipinski definition) is 4. The van der Waals surface area contributed by atoms with Gasteiger partial charge in [0.2, 0.25) is 10.0 Å². The summed E-state index contributed by atoms with van der Waals surface area (Å²) in [6.07, 6.45) is 1.97. The smallest absolute Gasteiger partial charge is 0.245 e. The van der Waals surface area contributed by atoms with Gasteiger partial charge in [0.05, 0.1) is 21.9 Å². The number of benzene rings is 3. The molecule has 2 aliphatic rings. The summed E-state index contributed by atoms with van der Waals surface area (Å²) in [6, 6.07) is 15.6. The van der Waals surface area contributed by atoms with Crippen LogP contribution in [0.4, 0.5) is 0 Å². The molecule has 1 aliphatic heterocycles. The fraction of sp³-hybridized carbons (Fsp3) is 0.273. The molecule has 1 saturated heterocycles. The van der Waals surface area contributed by atoms with Crippen molar-refractivity contribution >= 4 is 48.5 Å². The monoisotopic (exact) mass is 489 g/mol. The van der Waals surface area contributed by atoms with Gasteiger partial charge in [-0.3, -0.25) is 0 Å². The number of ether oxygens (including phenoxy) is 1. The van der Waals surface area contributed by atoms with Gasteiger partial charge in [-0.1, -0.05) is 30.3 Å². The van der Waals surface area contributed by atoms with Gasteiger partial charge >= 0.3 is 0 Å². The van der Waals surface area contributed by atoms with Crippen molar-refractivity contribution in [2.24, 2.45) is 0 Å². The standard InChI is InChI=1S/C22H20BrNO3S2/c1-27-19-9-7-16(13-18(19)23)22-24(11-12-28-22)29(25,26)20-10-8-15-6-5-14-3-2-4-17(20)21(14)15/h2-4,7-10,13,22H,5-6,11-12H2,1H3. The fourth-order valence-corrected chi connectivity index (χ4v) is 8.35. The third-order valence-electron chi connectivity index (χ3n) is 5.73. The average molecular weight is 490 g/mol. The van der Waals surface area contributed by atoms with E-state index in [-0.39, 0.29) is 5.37 Å². The Morgan fingerprint density at radius 2 is 1.90 bits per heavy atom. The first-order valence-electron chi connectivity index (χ1n) is 9.51. The third-order valence-corrected chi connectivity index (χ3v) is 9.67. The largest absolute Gasteiger partial charge is 0.496 e. The Morgan fingerprint density at radius 1 is 1.10 bits per heavy atom. The van der Waals surface area contributed by atoms with Gasteiger partial charge in [0.1, 0.15) is 5.75 Å². The molecule has 1 unspecified atom stereocenters. The molecule has 29 heavy (non-hydrogen) atoms. The Balaban J connectivity index is 1.60. The van der Waals surface area contributed by atoms with E-state index < -0.39 is 10.0 Å². The molecule has 0 spiro atoms. The van der Waals surface area contributed by atoms with E-state index >= 15 is 0 Å². The molecule has 150 valence electrons. The quantitative estimate of drug-likeness (QED) is 0.508. The number of nitrogens with zero attached hydrogens (tertiary/aromatic N) is 1. The highest BCUT2D eigenvalue weighted by Gasteiger charge is 2.38. The second-order valence-electron chi connectivity index (χ2n) is 7.30. The van der Waals surface area contributed by atoms with Crippen LogP contribution in [0.25, 0.3) is 10.8 Å². The summed E-state index contributed by atoms with van der Waals surface area (Å²) in [4.78, 5) is 0.417. The minimum atomic E-state index is -3.63. The summed E-state index contributed by atoms with van der Waals surface area (Å²) in [6.45, 7) is 0.504. The van der Waals surface area contributed by atoms with E-state index in [1.807, 2.05) is 36.4 Å². The molecule has 0 saturated carbocycles. The zero-order valence-electron chi connectivity index (χ0n) is 15.9. The number of aryl methyl sites for hydroxylation is 2. The molecule has 3 aromatic carbocycles. The van der Waals surface area contributed by atoms with Gasteiger partial charge in [0, 0.05) is 17.7 Å². The van der Waals surface area contributed by atoms with E-state index in [4.69, 9.17) is 4.74 Å². The second kappa shape index (κ2) is 7.30. The lowest BCUT2D eigenvalue weighted by Crippen LogP contribution is -2.30. The van der Waals surface area contributed by atoms with Crippen LogP contribution < -0.4 is 4.74 Å². The molecular weight excluding hydrogens is 470 g/mol. The van der Waals surface area contributed by atoms with Crippen LogP contribution in [-0.2, 0) is 22.9 Å². The third kappa shape index (κ3) is 3.10. The number of halogens is 1. The highest BCUT2D eigenvalue weighted by atomic mass is 79.9. The van der Waals surface area contributed by atoms with Crippen LogP contribution in [0.2, 0.25) is 0 Å². The van der Waals surface area contributed by atoms with Crippen molar-refractivity contribution in [1.82, 2.24) is 4.31 Å². The highest BCUT2D eigenvalue weighted by Crippen LogP contribution is 2.44. The molecule has 0 radical (unpaired) electrons. The number of hydrogen-bond donors (Lipinski definition) is 0. The predicted octanol–water partition coefficient (Wildman–Crippen LogP) is 5.15. The van der Waals surface area contributed by atoms with Gasteiger partial charge in [0.25, 0.3) is 0 Å². The zero-order valence-corrected chi connectivity index (χ0v) is 19.1. The first kappa shape index (κ1) is 19.4. The fourth-order valence-electron chi connectivity index (χ4n) is 4.37. The van der Waals surface area contributed by atoms with Gasteiger partial charge < -0.3 is 4.74 Å². The molecule has 1 heterocycles. The maximum absolute atomic E-state index is 13.8. The van der Waals surface area contributed by atoms with Gasteiger partial charge in [-0.05, 0) is 69.0 Å². The lowest BCUT2D eigenvalue weighted by atomic mass is 10.1. The molecule has 0 aromatic heterocycles. The van der Waals surface area contributed by atoms with E-state index in [1.165, 1.54) is 11.1 Å². The van der Waals surface area contributed by atoms with Crippen molar-refractivity contribution in [3.8, 4) is 5.75 Å². The van der Waals surface area contributed by atoms with Crippen LogP contribution in [0, 0.1) is 0 Å². The SMILES string of the molecule is COc1ccc(C2SCCN2S(=O)(=O)c2ccc3c4c(cccc24)CC3)cc1Br. The van der Waals surface area contributed by atoms with E-state index in [2.05, 4.69) is 22.0 Å².